The molecule has 0 fully saturated rings. The van der Waals surface area contributed by atoms with Crippen LogP contribution in [-0.2, 0) is 36.2 Å². The topological polar surface area (TPSA) is 68.3 Å². The van der Waals surface area contributed by atoms with E-state index in [4.69, 9.17) is 19.2 Å². The van der Waals surface area contributed by atoms with Gasteiger partial charge in [0.2, 0.25) is 0 Å². The average Bonchev–Trinajstić information content (AvgIpc) is 2.82. The molecule has 0 saturated carbocycles. The summed E-state index contributed by atoms with van der Waals surface area (Å²) >= 11 is -1.39. The first-order valence-electron chi connectivity index (χ1n) is 7.56. The first-order valence-corrected chi connectivity index (χ1v) is 10.4. The van der Waals surface area contributed by atoms with Gasteiger partial charge in [0.1, 0.15) is 27.2 Å². The van der Waals surface area contributed by atoms with Crippen molar-refractivity contribution in [2.45, 2.75) is 0 Å². The van der Waals surface area contributed by atoms with E-state index in [1.807, 2.05) is 27.2 Å². The van der Waals surface area contributed by atoms with Gasteiger partial charge in [-0.15, -0.1) is 0 Å². The number of rotatable bonds is 3. The Labute approximate surface area is 181 Å². The van der Waals surface area contributed by atoms with Crippen LogP contribution >= 0.6 is 0 Å². The molecule has 0 radical (unpaired) electrons. The van der Waals surface area contributed by atoms with Gasteiger partial charge in [-0.05, 0) is 0 Å². The fourth-order valence-electron chi connectivity index (χ4n) is 2.18. The van der Waals surface area contributed by atoms with E-state index in [-0.39, 0.29) is 17.1 Å². The van der Waals surface area contributed by atoms with Gasteiger partial charge in [-0.3, -0.25) is 0 Å². The Morgan fingerprint density at radius 1 is 0.393 bits per heavy atom. The summed E-state index contributed by atoms with van der Waals surface area (Å²) in [4.78, 5) is 32.0. The SMILES string of the molecule is C=O.C=O.C=O.C=O.[Fe].c1ccc([As](c2ccccc2)c2ccccc2)cc1. The summed E-state index contributed by atoms with van der Waals surface area (Å²) < 4.78 is 4.44. The van der Waals surface area contributed by atoms with Crippen molar-refractivity contribution in [2.75, 3.05) is 0 Å². The van der Waals surface area contributed by atoms with Crippen molar-refractivity contribution in [1.29, 1.82) is 0 Å². The van der Waals surface area contributed by atoms with Crippen LogP contribution in [0, 0.1) is 0 Å². The molecule has 0 amide bonds. The Morgan fingerprint density at radius 2 is 0.571 bits per heavy atom. The molecule has 0 heterocycles. The minimum atomic E-state index is -1.39. The first-order chi connectivity index (χ1) is 13.4. The summed E-state index contributed by atoms with van der Waals surface area (Å²) in [6.07, 6.45) is 0. The van der Waals surface area contributed by atoms with Crippen LogP contribution in [0.2, 0.25) is 0 Å². The number of benzene rings is 3. The monoisotopic (exact) mass is 482 g/mol. The van der Waals surface area contributed by atoms with E-state index in [0.29, 0.717) is 0 Å². The Hall–Kier alpha value is -2.58. The van der Waals surface area contributed by atoms with E-state index < -0.39 is 14.7 Å². The van der Waals surface area contributed by atoms with E-state index in [2.05, 4.69) is 91.0 Å². The van der Waals surface area contributed by atoms with Crippen molar-refractivity contribution in [1.82, 2.24) is 0 Å². The molecule has 0 bridgehead atoms. The molecule has 0 saturated heterocycles. The molecule has 3 aromatic carbocycles. The van der Waals surface area contributed by atoms with Gasteiger partial charge >= 0.3 is 119 Å². The standard InChI is InChI=1S/C18H15As.4CH2O.Fe/c1-4-10-16(11-5-1)19(17-12-6-2-7-13-17)18-14-8-3-9-15-18;4*1-2;/h1-15H;4*1H2;. The van der Waals surface area contributed by atoms with Gasteiger partial charge in [0.25, 0.3) is 0 Å². The molecule has 0 spiro atoms. The van der Waals surface area contributed by atoms with E-state index in [1.54, 1.807) is 0 Å². The molecule has 3 rings (SSSR count). The molecule has 0 unspecified atom stereocenters. The Bertz CT molecular complexity index is 598. The molecule has 0 aliphatic heterocycles. The van der Waals surface area contributed by atoms with Gasteiger partial charge < -0.3 is 19.2 Å². The predicted molar refractivity (Wildman–Crippen MR) is 112 cm³/mol. The predicted octanol–water partition coefficient (Wildman–Crippen LogP) is 1.46. The molecule has 4 nitrogen and oxygen atoms in total. The maximum atomic E-state index is 8.00. The first kappa shape index (κ1) is 30.2. The van der Waals surface area contributed by atoms with Crippen LogP contribution in [0.15, 0.2) is 91.0 Å². The normalized spacial score (nSPS) is 7.75. The van der Waals surface area contributed by atoms with Gasteiger partial charge in [0, 0.05) is 17.1 Å². The summed E-state index contributed by atoms with van der Waals surface area (Å²) in [5.41, 5.74) is 0. The number of carbonyl (C=O) groups is 4. The number of hydrogen-bond acceptors (Lipinski definition) is 4. The van der Waals surface area contributed by atoms with Gasteiger partial charge in [-0.25, -0.2) is 0 Å². The van der Waals surface area contributed by atoms with Gasteiger partial charge in [0.05, 0.1) is 0 Å². The van der Waals surface area contributed by atoms with Crippen LogP contribution in [0.4, 0.5) is 0 Å². The second kappa shape index (κ2) is 22.5. The molecule has 0 aliphatic carbocycles. The fourth-order valence-corrected chi connectivity index (χ4v) is 7.02. The molecule has 6 heteroatoms. The molecule has 0 N–H and O–H groups in total. The zero-order valence-corrected chi connectivity index (χ0v) is 18.4. The molecule has 0 aliphatic rings. The third-order valence-electron chi connectivity index (χ3n) is 3.04. The van der Waals surface area contributed by atoms with Gasteiger partial charge in [0.15, 0.2) is 0 Å². The van der Waals surface area contributed by atoms with Crippen LogP contribution in [0.25, 0.3) is 0 Å². The third kappa shape index (κ3) is 10.5. The van der Waals surface area contributed by atoms with Crippen molar-refractivity contribution in [3.8, 4) is 0 Å². The van der Waals surface area contributed by atoms with Gasteiger partial charge in [-0.1, -0.05) is 0 Å². The summed E-state index contributed by atoms with van der Waals surface area (Å²) in [5, 5.41) is 0. The molecular formula is C22H23AsFeO4. The van der Waals surface area contributed by atoms with E-state index in [1.165, 1.54) is 13.1 Å². The van der Waals surface area contributed by atoms with E-state index in [0.717, 1.165) is 0 Å². The zero-order chi connectivity index (χ0) is 20.9. The van der Waals surface area contributed by atoms with Crippen LogP contribution in [0.3, 0.4) is 0 Å². The van der Waals surface area contributed by atoms with Crippen molar-refractivity contribution in [3.05, 3.63) is 91.0 Å². The second-order valence-electron chi connectivity index (χ2n) is 4.34. The van der Waals surface area contributed by atoms with Crippen LogP contribution < -0.4 is 13.1 Å². The van der Waals surface area contributed by atoms with Crippen molar-refractivity contribution in [3.63, 3.8) is 0 Å². The summed E-state index contributed by atoms with van der Waals surface area (Å²) in [6.45, 7) is 8.00. The molecule has 148 valence electrons. The summed E-state index contributed by atoms with van der Waals surface area (Å²) in [7, 11) is 0. The van der Waals surface area contributed by atoms with Crippen LogP contribution in [0.5, 0.6) is 0 Å². The van der Waals surface area contributed by atoms with Crippen LogP contribution in [-0.4, -0.2) is 41.8 Å². The Kier molecular flexibility index (Phi) is 24.2. The average molecular weight is 482 g/mol. The molecular weight excluding hydrogens is 459 g/mol. The maximum absolute atomic E-state index is 8.00. The molecule has 0 aromatic heterocycles. The molecule has 28 heavy (non-hydrogen) atoms. The fraction of sp³-hybridized carbons (Fsp3) is 0. The van der Waals surface area contributed by atoms with Gasteiger partial charge in [-0.2, -0.15) is 0 Å². The molecule has 0 atom stereocenters. The van der Waals surface area contributed by atoms with Crippen LogP contribution in [0.1, 0.15) is 0 Å². The minimum absolute atomic E-state index is 0. The Balaban J connectivity index is -0.000000622. The van der Waals surface area contributed by atoms with E-state index >= 15 is 0 Å². The quantitative estimate of drug-likeness (QED) is 0.531. The number of hydrogen-bond donors (Lipinski definition) is 0. The van der Waals surface area contributed by atoms with Crippen molar-refractivity contribution in [2.24, 2.45) is 0 Å². The zero-order valence-electron chi connectivity index (χ0n) is 15.4. The molecule has 3 aromatic rings. The summed E-state index contributed by atoms with van der Waals surface area (Å²) in [5.74, 6) is 0. The van der Waals surface area contributed by atoms with Crippen molar-refractivity contribution < 1.29 is 36.2 Å². The van der Waals surface area contributed by atoms with E-state index in [9.17, 15) is 0 Å². The Morgan fingerprint density at radius 3 is 0.750 bits per heavy atom. The van der Waals surface area contributed by atoms with Crippen molar-refractivity contribution >= 4 is 54.9 Å². The summed E-state index contributed by atoms with van der Waals surface area (Å²) in [6, 6.07) is 32.7. The second-order valence-corrected chi connectivity index (χ2v) is 9.00. The number of carbonyl (C=O) groups excluding carboxylic acids is 4. The third-order valence-corrected chi connectivity index (χ3v) is 8.17.